The zero-order chi connectivity index (χ0) is 23.6. The summed E-state index contributed by atoms with van der Waals surface area (Å²) in [7, 11) is -3.66. The molecular formula is C22H20ClN5O4S. The molecule has 0 aliphatic rings. The summed E-state index contributed by atoms with van der Waals surface area (Å²) < 4.78 is 34.4. The van der Waals surface area contributed by atoms with Crippen molar-refractivity contribution >= 4 is 39.4 Å². The van der Waals surface area contributed by atoms with E-state index in [0.29, 0.717) is 33.6 Å². The second kappa shape index (κ2) is 9.18. The van der Waals surface area contributed by atoms with E-state index in [-0.39, 0.29) is 11.4 Å². The Labute approximate surface area is 195 Å². The molecule has 0 saturated carbocycles. The van der Waals surface area contributed by atoms with Gasteiger partial charge in [0.05, 0.1) is 28.4 Å². The van der Waals surface area contributed by atoms with Crippen LogP contribution in [-0.4, -0.2) is 29.9 Å². The van der Waals surface area contributed by atoms with E-state index in [0.717, 1.165) is 5.56 Å². The number of furan rings is 1. The maximum Gasteiger partial charge on any atom is 0.290 e. The molecule has 4 rings (SSSR count). The standard InChI is InChI=1S/C22H20ClN5O4S/c1-14-3-8-19(9-4-14)33(30,31)25-12-18-7-6-17(32-18)11-24-27-22(29)21-15(2)26-20-10-5-16(23)13-28(20)21/h3-11,13,25H,12H2,1-2H3,(H,27,29)/b24-11+. The van der Waals surface area contributed by atoms with Crippen LogP contribution in [0.25, 0.3) is 5.65 Å². The summed E-state index contributed by atoms with van der Waals surface area (Å²) in [5, 5.41) is 4.39. The summed E-state index contributed by atoms with van der Waals surface area (Å²) in [5.41, 5.74) is 4.84. The Morgan fingerprint density at radius 2 is 1.91 bits per heavy atom. The molecule has 2 N–H and O–H groups in total. The molecule has 0 fully saturated rings. The van der Waals surface area contributed by atoms with E-state index in [1.807, 2.05) is 6.92 Å². The van der Waals surface area contributed by atoms with Crippen LogP contribution in [0.5, 0.6) is 0 Å². The molecule has 0 aliphatic carbocycles. The minimum Gasteiger partial charge on any atom is -0.459 e. The lowest BCUT2D eigenvalue weighted by Crippen LogP contribution is -2.23. The van der Waals surface area contributed by atoms with Crippen LogP contribution in [0.4, 0.5) is 0 Å². The van der Waals surface area contributed by atoms with Gasteiger partial charge in [-0.05, 0) is 50.2 Å². The highest BCUT2D eigenvalue weighted by Gasteiger charge is 2.17. The highest BCUT2D eigenvalue weighted by Crippen LogP contribution is 2.16. The van der Waals surface area contributed by atoms with Crippen molar-refractivity contribution in [3.8, 4) is 0 Å². The van der Waals surface area contributed by atoms with E-state index in [1.54, 1.807) is 66.1 Å². The summed E-state index contributed by atoms with van der Waals surface area (Å²) in [5.74, 6) is 0.277. The molecule has 0 atom stereocenters. The first-order chi connectivity index (χ1) is 15.7. The summed E-state index contributed by atoms with van der Waals surface area (Å²) in [4.78, 5) is 17.1. The molecule has 0 unspecified atom stereocenters. The lowest BCUT2D eigenvalue weighted by atomic mass is 10.2. The van der Waals surface area contributed by atoms with Crippen LogP contribution in [0.1, 0.15) is 33.3 Å². The quantitative estimate of drug-likeness (QED) is 0.307. The molecule has 0 saturated heterocycles. The molecule has 0 bridgehead atoms. The number of imidazole rings is 1. The first-order valence-corrected chi connectivity index (χ1v) is 11.7. The highest BCUT2D eigenvalue weighted by molar-refractivity contribution is 7.89. The third kappa shape index (κ3) is 5.14. The normalized spacial score (nSPS) is 12.0. The average Bonchev–Trinajstić information content (AvgIpc) is 3.35. The number of halogens is 1. The number of hydrazone groups is 1. The fourth-order valence-corrected chi connectivity index (χ4v) is 4.30. The first-order valence-electron chi connectivity index (χ1n) is 9.85. The molecule has 0 spiro atoms. The van der Waals surface area contributed by atoms with Crippen molar-refractivity contribution in [3.05, 3.63) is 88.2 Å². The van der Waals surface area contributed by atoms with Gasteiger partial charge in [-0.2, -0.15) is 5.10 Å². The maximum atomic E-state index is 12.6. The van der Waals surface area contributed by atoms with Gasteiger partial charge in [-0.25, -0.2) is 23.5 Å². The first kappa shape index (κ1) is 22.7. The van der Waals surface area contributed by atoms with Gasteiger partial charge in [-0.3, -0.25) is 9.20 Å². The van der Waals surface area contributed by atoms with Gasteiger partial charge in [0.2, 0.25) is 10.0 Å². The van der Waals surface area contributed by atoms with Gasteiger partial charge in [0.15, 0.2) is 0 Å². The Balaban J connectivity index is 1.38. The predicted octanol–water partition coefficient (Wildman–Crippen LogP) is 3.44. The molecule has 33 heavy (non-hydrogen) atoms. The number of carbonyl (C=O) groups is 1. The van der Waals surface area contributed by atoms with Crippen LogP contribution >= 0.6 is 11.6 Å². The second-order valence-corrected chi connectivity index (χ2v) is 9.47. The highest BCUT2D eigenvalue weighted by atomic mass is 35.5. The molecule has 0 radical (unpaired) electrons. The fraction of sp³-hybridized carbons (Fsp3) is 0.136. The number of nitrogens with zero attached hydrogens (tertiary/aromatic N) is 3. The van der Waals surface area contributed by atoms with Crippen LogP contribution in [0.15, 0.2) is 69.1 Å². The van der Waals surface area contributed by atoms with Crippen molar-refractivity contribution in [2.45, 2.75) is 25.3 Å². The number of amides is 1. The van der Waals surface area contributed by atoms with Crippen LogP contribution in [0, 0.1) is 13.8 Å². The minimum absolute atomic E-state index is 0.0296. The Morgan fingerprint density at radius 3 is 2.67 bits per heavy atom. The Kier molecular flexibility index (Phi) is 6.32. The minimum atomic E-state index is -3.66. The number of hydrogen-bond donors (Lipinski definition) is 2. The number of aromatic nitrogens is 2. The third-order valence-corrected chi connectivity index (χ3v) is 6.42. The summed E-state index contributed by atoms with van der Waals surface area (Å²) in [6.07, 6.45) is 2.92. The maximum absolute atomic E-state index is 12.6. The molecule has 11 heteroatoms. The van der Waals surface area contributed by atoms with Crippen molar-refractivity contribution in [1.82, 2.24) is 19.5 Å². The summed E-state index contributed by atoms with van der Waals surface area (Å²) in [6.45, 7) is 3.57. The lowest BCUT2D eigenvalue weighted by Gasteiger charge is -2.05. The molecule has 3 aromatic heterocycles. The summed E-state index contributed by atoms with van der Waals surface area (Å²) >= 11 is 6.02. The van der Waals surface area contributed by atoms with Crippen molar-refractivity contribution in [2.24, 2.45) is 5.10 Å². The summed E-state index contributed by atoms with van der Waals surface area (Å²) in [6, 6.07) is 13.2. The molecule has 4 aromatic rings. The van der Waals surface area contributed by atoms with E-state index >= 15 is 0 Å². The molecule has 0 aliphatic heterocycles. The molecule has 1 amide bonds. The van der Waals surface area contributed by atoms with Crippen molar-refractivity contribution in [2.75, 3.05) is 0 Å². The number of carbonyl (C=O) groups excluding carboxylic acids is 1. The van der Waals surface area contributed by atoms with E-state index in [4.69, 9.17) is 16.0 Å². The Hall–Kier alpha value is -3.47. The number of nitrogens with one attached hydrogen (secondary N) is 2. The van der Waals surface area contributed by atoms with Gasteiger partial charge in [0.25, 0.3) is 5.91 Å². The zero-order valence-electron chi connectivity index (χ0n) is 17.7. The van der Waals surface area contributed by atoms with Gasteiger partial charge < -0.3 is 4.42 Å². The molecule has 1 aromatic carbocycles. The molecular weight excluding hydrogens is 466 g/mol. The number of fused-ring (bicyclic) bond motifs is 1. The molecule has 3 heterocycles. The Morgan fingerprint density at radius 1 is 1.15 bits per heavy atom. The SMILES string of the molecule is Cc1ccc(S(=O)(=O)NCc2ccc(/C=N/NC(=O)c3c(C)nc4ccc(Cl)cn34)o2)cc1. The van der Waals surface area contributed by atoms with Gasteiger partial charge >= 0.3 is 0 Å². The van der Waals surface area contributed by atoms with Crippen LogP contribution in [0.2, 0.25) is 5.02 Å². The number of rotatable bonds is 7. The van der Waals surface area contributed by atoms with Crippen molar-refractivity contribution in [1.29, 1.82) is 0 Å². The van der Waals surface area contributed by atoms with Gasteiger partial charge in [-0.15, -0.1) is 0 Å². The van der Waals surface area contributed by atoms with Crippen molar-refractivity contribution < 1.29 is 17.6 Å². The predicted molar refractivity (Wildman–Crippen MR) is 124 cm³/mol. The zero-order valence-corrected chi connectivity index (χ0v) is 19.3. The van der Waals surface area contributed by atoms with Gasteiger partial charge in [0, 0.05) is 6.20 Å². The van der Waals surface area contributed by atoms with E-state index in [1.165, 1.54) is 6.21 Å². The molecule has 170 valence electrons. The number of pyridine rings is 1. The van der Waals surface area contributed by atoms with Crippen LogP contribution < -0.4 is 10.1 Å². The second-order valence-electron chi connectivity index (χ2n) is 7.26. The van der Waals surface area contributed by atoms with Crippen LogP contribution in [-0.2, 0) is 16.6 Å². The smallest absolute Gasteiger partial charge is 0.290 e. The lowest BCUT2D eigenvalue weighted by molar-refractivity contribution is 0.0948. The monoisotopic (exact) mass is 485 g/mol. The van der Waals surface area contributed by atoms with Gasteiger partial charge in [-0.1, -0.05) is 29.3 Å². The number of hydrogen-bond acceptors (Lipinski definition) is 6. The Bertz CT molecular complexity index is 1460. The van der Waals surface area contributed by atoms with Gasteiger partial charge in [0.1, 0.15) is 22.9 Å². The third-order valence-electron chi connectivity index (χ3n) is 4.78. The van der Waals surface area contributed by atoms with Crippen molar-refractivity contribution in [3.63, 3.8) is 0 Å². The number of benzene rings is 1. The van der Waals surface area contributed by atoms with E-state index in [2.05, 4.69) is 20.2 Å². The average molecular weight is 486 g/mol. The number of aryl methyl sites for hydroxylation is 2. The topological polar surface area (TPSA) is 118 Å². The van der Waals surface area contributed by atoms with E-state index < -0.39 is 15.9 Å². The van der Waals surface area contributed by atoms with Crippen LogP contribution in [0.3, 0.4) is 0 Å². The fourth-order valence-electron chi connectivity index (χ4n) is 3.14. The molecule has 9 nitrogen and oxygen atoms in total. The van der Waals surface area contributed by atoms with E-state index in [9.17, 15) is 13.2 Å². The number of sulfonamides is 1. The largest absolute Gasteiger partial charge is 0.459 e.